The summed E-state index contributed by atoms with van der Waals surface area (Å²) < 4.78 is 0. The third-order valence-corrected chi connectivity index (χ3v) is 1.44. The SMILES string of the molecule is [CH]C(C)CCCC(C)C. The Morgan fingerprint density at radius 2 is 1.67 bits per heavy atom. The quantitative estimate of drug-likeness (QED) is 0.542. The minimum Gasteiger partial charge on any atom is -0.0628 e. The van der Waals surface area contributed by atoms with Gasteiger partial charge >= 0.3 is 0 Å². The van der Waals surface area contributed by atoms with Crippen LogP contribution in [0.15, 0.2) is 0 Å². The molecule has 0 nitrogen and oxygen atoms in total. The third-order valence-electron chi connectivity index (χ3n) is 1.44. The van der Waals surface area contributed by atoms with Gasteiger partial charge in [-0.1, -0.05) is 40.0 Å². The van der Waals surface area contributed by atoms with Gasteiger partial charge in [0.25, 0.3) is 0 Å². The zero-order valence-electron chi connectivity index (χ0n) is 6.85. The molecule has 0 fully saturated rings. The van der Waals surface area contributed by atoms with Crippen molar-refractivity contribution >= 4 is 0 Å². The Hall–Kier alpha value is 0. The van der Waals surface area contributed by atoms with E-state index in [1.165, 1.54) is 19.3 Å². The second-order valence-corrected chi connectivity index (χ2v) is 3.30. The lowest BCUT2D eigenvalue weighted by molar-refractivity contribution is 0.500. The van der Waals surface area contributed by atoms with Crippen molar-refractivity contribution < 1.29 is 0 Å². The summed E-state index contributed by atoms with van der Waals surface area (Å²) in [5.41, 5.74) is 0. The maximum Gasteiger partial charge on any atom is -0.0321 e. The third kappa shape index (κ3) is 8.00. The molecule has 0 aliphatic heterocycles. The Morgan fingerprint density at radius 3 is 2.00 bits per heavy atom. The lowest BCUT2D eigenvalue weighted by Crippen LogP contribution is -1.91. The van der Waals surface area contributed by atoms with Crippen molar-refractivity contribution in [2.24, 2.45) is 11.8 Å². The van der Waals surface area contributed by atoms with Crippen LogP contribution in [0.25, 0.3) is 0 Å². The Bertz CT molecular complexity index is 45.1. The summed E-state index contributed by atoms with van der Waals surface area (Å²) in [5.74, 6) is 1.23. The van der Waals surface area contributed by atoms with E-state index < -0.39 is 0 Å². The summed E-state index contributed by atoms with van der Waals surface area (Å²) in [6, 6.07) is 0. The second kappa shape index (κ2) is 4.84. The largest absolute Gasteiger partial charge is 0.0628 e. The molecule has 1 unspecified atom stereocenters. The molecule has 0 N–H and O–H groups in total. The van der Waals surface area contributed by atoms with Gasteiger partial charge in [0, 0.05) is 0 Å². The van der Waals surface area contributed by atoms with Crippen LogP contribution in [0.1, 0.15) is 40.0 Å². The maximum absolute atomic E-state index is 5.58. The van der Waals surface area contributed by atoms with E-state index >= 15 is 0 Å². The fraction of sp³-hybridized carbons (Fsp3) is 0.889. The first kappa shape index (κ1) is 9.00. The Kier molecular flexibility index (Phi) is 4.84. The number of rotatable bonds is 4. The van der Waals surface area contributed by atoms with E-state index in [-0.39, 0.29) is 0 Å². The Morgan fingerprint density at radius 1 is 1.11 bits per heavy atom. The van der Waals surface area contributed by atoms with Gasteiger partial charge in [0.2, 0.25) is 0 Å². The molecule has 0 saturated heterocycles. The van der Waals surface area contributed by atoms with Crippen LogP contribution in [0.2, 0.25) is 0 Å². The van der Waals surface area contributed by atoms with Crippen molar-refractivity contribution in [2.75, 3.05) is 0 Å². The van der Waals surface area contributed by atoms with Crippen molar-refractivity contribution in [1.82, 2.24) is 0 Å². The van der Waals surface area contributed by atoms with Crippen LogP contribution in [0.4, 0.5) is 0 Å². The highest BCUT2D eigenvalue weighted by atomic mass is 14.0. The highest BCUT2D eigenvalue weighted by Crippen LogP contribution is 2.10. The van der Waals surface area contributed by atoms with Gasteiger partial charge in [-0.25, -0.2) is 0 Å². The molecule has 1 atom stereocenters. The predicted octanol–water partition coefficient (Wildman–Crippen LogP) is 3.16. The monoisotopic (exact) mass is 126 g/mol. The van der Waals surface area contributed by atoms with Crippen molar-refractivity contribution in [3.05, 3.63) is 6.92 Å². The first-order chi connectivity index (χ1) is 4.13. The minimum atomic E-state index is 0.392. The summed E-state index contributed by atoms with van der Waals surface area (Å²) in [6.07, 6.45) is 3.79. The van der Waals surface area contributed by atoms with Crippen LogP contribution in [0.3, 0.4) is 0 Å². The summed E-state index contributed by atoms with van der Waals surface area (Å²) in [6.45, 7) is 12.2. The van der Waals surface area contributed by atoms with E-state index in [9.17, 15) is 0 Å². The first-order valence-corrected chi connectivity index (χ1v) is 3.88. The fourth-order valence-corrected chi connectivity index (χ4v) is 0.848. The van der Waals surface area contributed by atoms with E-state index in [0.29, 0.717) is 5.92 Å². The topological polar surface area (TPSA) is 0 Å². The molecule has 0 aromatic rings. The molecule has 0 aromatic heterocycles. The highest BCUT2D eigenvalue weighted by molar-refractivity contribution is 4.55. The van der Waals surface area contributed by atoms with Gasteiger partial charge in [0.15, 0.2) is 0 Å². The van der Waals surface area contributed by atoms with Gasteiger partial charge in [0.05, 0.1) is 0 Å². The molecule has 0 bridgehead atoms. The Balaban J connectivity index is 2.91. The molecule has 2 radical (unpaired) electrons. The molecule has 9 heavy (non-hydrogen) atoms. The molecule has 0 amide bonds. The molecule has 0 rings (SSSR count). The van der Waals surface area contributed by atoms with Gasteiger partial charge in [-0.05, 0) is 18.8 Å². The van der Waals surface area contributed by atoms with Crippen LogP contribution in [0, 0.1) is 18.8 Å². The average Bonchev–Trinajstić information content (AvgIpc) is 1.63. The van der Waals surface area contributed by atoms with E-state index in [0.717, 1.165) is 5.92 Å². The Labute approximate surface area is 59.7 Å². The van der Waals surface area contributed by atoms with Gasteiger partial charge in [0.1, 0.15) is 0 Å². The van der Waals surface area contributed by atoms with Gasteiger partial charge < -0.3 is 0 Å². The van der Waals surface area contributed by atoms with Crippen LogP contribution in [0.5, 0.6) is 0 Å². The molecule has 0 spiro atoms. The average molecular weight is 126 g/mol. The van der Waals surface area contributed by atoms with Gasteiger partial charge in [-0.3, -0.25) is 0 Å². The second-order valence-electron chi connectivity index (χ2n) is 3.30. The molecule has 0 saturated carbocycles. The van der Waals surface area contributed by atoms with Crippen LogP contribution >= 0.6 is 0 Å². The van der Waals surface area contributed by atoms with E-state index in [1.54, 1.807) is 0 Å². The molecule has 0 aliphatic carbocycles. The van der Waals surface area contributed by atoms with Crippen LogP contribution in [-0.4, -0.2) is 0 Å². The molecule has 54 valence electrons. The van der Waals surface area contributed by atoms with E-state index in [4.69, 9.17) is 6.92 Å². The summed E-state index contributed by atoms with van der Waals surface area (Å²) >= 11 is 0. The summed E-state index contributed by atoms with van der Waals surface area (Å²) in [5, 5.41) is 0. The summed E-state index contributed by atoms with van der Waals surface area (Å²) in [7, 11) is 0. The van der Waals surface area contributed by atoms with Crippen molar-refractivity contribution in [3.8, 4) is 0 Å². The maximum atomic E-state index is 5.58. The standard InChI is InChI=1S/C9H18/c1-8(2)6-5-7-9(3)4/h1,8-9H,5-7H2,2-4H3. The van der Waals surface area contributed by atoms with Crippen molar-refractivity contribution in [3.63, 3.8) is 0 Å². The molecule has 0 heteroatoms. The first-order valence-electron chi connectivity index (χ1n) is 3.88. The van der Waals surface area contributed by atoms with Gasteiger partial charge in [-0.15, -0.1) is 0 Å². The predicted molar refractivity (Wildman–Crippen MR) is 42.2 cm³/mol. The lowest BCUT2D eigenvalue weighted by atomic mass is 10.0. The summed E-state index contributed by atoms with van der Waals surface area (Å²) in [4.78, 5) is 0. The zero-order valence-corrected chi connectivity index (χ0v) is 6.85. The van der Waals surface area contributed by atoms with E-state index in [1.807, 2.05) is 0 Å². The molecule has 0 heterocycles. The highest BCUT2D eigenvalue weighted by Gasteiger charge is 1.96. The zero-order chi connectivity index (χ0) is 7.28. The fourth-order valence-electron chi connectivity index (χ4n) is 0.848. The van der Waals surface area contributed by atoms with Crippen LogP contribution < -0.4 is 0 Å². The molecular weight excluding hydrogens is 108 g/mol. The smallest absolute Gasteiger partial charge is 0.0321 e. The normalized spacial score (nSPS) is 11.3. The molecular formula is C9H18. The van der Waals surface area contributed by atoms with Gasteiger partial charge in [-0.2, -0.15) is 0 Å². The number of hydrogen-bond donors (Lipinski definition) is 0. The van der Waals surface area contributed by atoms with E-state index in [2.05, 4.69) is 20.8 Å². The lowest BCUT2D eigenvalue weighted by Gasteiger charge is -2.05. The molecule has 0 aliphatic rings. The van der Waals surface area contributed by atoms with Crippen molar-refractivity contribution in [1.29, 1.82) is 0 Å². The minimum absolute atomic E-state index is 0.392. The molecule has 0 aromatic carbocycles. The van der Waals surface area contributed by atoms with Crippen LogP contribution in [-0.2, 0) is 0 Å². The number of hydrogen-bond acceptors (Lipinski definition) is 0. The van der Waals surface area contributed by atoms with Crippen molar-refractivity contribution in [2.45, 2.75) is 40.0 Å².